The van der Waals surface area contributed by atoms with Gasteiger partial charge >= 0.3 is 0 Å². The largest absolute Gasteiger partial charge is 0.545 e. The van der Waals surface area contributed by atoms with Gasteiger partial charge in [-0.25, -0.2) is 0 Å². The van der Waals surface area contributed by atoms with E-state index in [1.54, 1.807) is 0 Å². The van der Waals surface area contributed by atoms with Gasteiger partial charge in [-0.2, -0.15) is 10.2 Å². The minimum absolute atomic E-state index is 0.537. The second kappa shape index (κ2) is 2.95. The van der Waals surface area contributed by atoms with Gasteiger partial charge in [0.1, 0.15) is 0 Å². The third kappa shape index (κ3) is 1.36. The summed E-state index contributed by atoms with van der Waals surface area (Å²) in [5.74, 6) is -3.24. The first-order chi connectivity index (χ1) is 5.63. The highest BCUT2D eigenvalue weighted by Gasteiger charge is 2.03. The number of nitrogens with zero attached hydrogens (tertiary/aromatic N) is 2. The minimum Gasteiger partial charge on any atom is -0.545 e. The Bertz CT molecular complexity index is 303. The Hall–Kier alpha value is -1.98. The average Bonchev–Trinajstić information content (AvgIpc) is 2.04. The van der Waals surface area contributed by atoms with Crippen molar-refractivity contribution >= 4 is 11.9 Å². The smallest absolute Gasteiger partial charge is 0.0738 e. The topological polar surface area (TPSA) is 106 Å². The highest BCUT2D eigenvalue weighted by atomic mass is 16.4. The third-order valence-corrected chi connectivity index (χ3v) is 1.17. The number of carboxylic acid groups (broad SMARTS) is 2. The van der Waals surface area contributed by atoms with Gasteiger partial charge in [-0.3, -0.25) is 0 Å². The highest BCUT2D eigenvalue weighted by Crippen LogP contribution is 2.01. The Morgan fingerprint density at radius 1 is 1.00 bits per heavy atom. The molecule has 0 radical (unpaired) electrons. The van der Waals surface area contributed by atoms with Crippen molar-refractivity contribution in [2.24, 2.45) is 0 Å². The van der Waals surface area contributed by atoms with Crippen LogP contribution in [0.5, 0.6) is 0 Å². The fraction of sp³-hybridized carbons (Fsp3) is 0. The molecule has 0 atom stereocenters. The molecule has 0 unspecified atom stereocenters. The van der Waals surface area contributed by atoms with E-state index in [-0.39, 0.29) is 0 Å². The van der Waals surface area contributed by atoms with Gasteiger partial charge in [-0.15, -0.1) is 0 Å². The van der Waals surface area contributed by atoms with Crippen LogP contribution in [0.4, 0.5) is 0 Å². The van der Waals surface area contributed by atoms with Crippen molar-refractivity contribution in [2.75, 3.05) is 0 Å². The summed E-state index contributed by atoms with van der Waals surface area (Å²) in [6, 6.07) is 0. The number of carboxylic acids is 2. The van der Waals surface area contributed by atoms with Crippen molar-refractivity contribution in [1.29, 1.82) is 0 Å². The fourth-order valence-corrected chi connectivity index (χ4v) is 0.647. The fourth-order valence-electron chi connectivity index (χ4n) is 0.647. The van der Waals surface area contributed by atoms with Crippen LogP contribution in [0.3, 0.4) is 0 Å². The second-order valence-electron chi connectivity index (χ2n) is 1.89. The van der Waals surface area contributed by atoms with Crippen LogP contribution < -0.4 is 10.2 Å². The molecule has 0 fully saturated rings. The number of aromatic nitrogens is 2. The lowest BCUT2D eigenvalue weighted by molar-refractivity contribution is -0.259. The molecule has 0 saturated carbocycles. The van der Waals surface area contributed by atoms with E-state index in [0.717, 1.165) is 12.4 Å². The average molecular weight is 166 g/mol. The number of carbonyl (C=O) groups is 2. The van der Waals surface area contributed by atoms with Crippen molar-refractivity contribution in [2.45, 2.75) is 0 Å². The van der Waals surface area contributed by atoms with E-state index in [2.05, 4.69) is 10.2 Å². The van der Waals surface area contributed by atoms with Crippen LogP contribution in [0.25, 0.3) is 0 Å². The van der Waals surface area contributed by atoms with Crippen LogP contribution in [-0.4, -0.2) is 22.1 Å². The first-order valence-corrected chi connectivity index (χ1v) is 2.86. The Labute approximate surface area is 66.5 Å². The molecule has 6 heteroatoms. The molecule has 0 N–H and O–H groups in total. The van der Waals surface area contributed by atoms with Crippen molar-refractivity contribution in [3.05, 3.63) is 23.5 Å². The summed E-state index contributed by atoms with van der Waals surface area (Å²) in [4.78, 5) is 20.5. The van der Waals surface area contributed by atoms with E-state index in [9.17, 15) is 19.8 Å². The van der Waals surface area contributed by atoms with Gasteiger partial charge in [-0.05, 0) is 0 Å². The van der Waals surface area contributed by atoms with E-state index < -0.39 is 23.1 Å². The molecule has 1 rings (SSSR count). The zero-order valence-corrected chi connectivity index (χ0v) is 5.68. The Balaban J connectivity index is 3.27. The van der Waals surface area contributed by atoms with Crippen molar-refractivity contribution < 1.29 is 19.8 Å². The SMILES string of the molecule is O=C([O-])c1cnncc1C(=O)[O-]. The second-order valence-corrected chi connectivity index (χ2v) is 1.89. The molecule has 0 saturated heterocycles. The normalized spacial score (nSPS) is 9.33. The maximum Gasteiger partial charge on any atom is 0.0738 e. The number of aromatic carboxylic acids is 2. The summed E-state index contributed by atoms with van der Waals surface area (Å²) in [7, 11) is 0. The van der Waals surface area contributed by atoms with E-state index in [0.29, 0.717) is 0 Å². The Morgan fingerprint density at radius 2 is 1.33 bits per heavy atom. The lowest BCUT2D eigenvalue weighted by Crippen LogP contribution is -2.30. The van der Waals surface area contributed by atoms with Crippen LogP contribution in [0.1, 0.15) is 20.7 Å². The first-order valence-electron chi connectivity index (χ1n) is 2.86. The Morgan fingerprint density at radius 3 is 1.58 bits per heavy atom. The van der Waals surface area contributed by atoms with Crippen molar-refractivity contribution in [3.8, 4) is 0 Å². The highest BCUT2D eigenvalue weighted by molar-refractivity contribution is 5.99. The molecule has 62 valence electrons. The molecule has 0 amide bonds. The van der Waals surface area contributed by atoms with E-state index in [4.69, 9.17) is 0 Å². The summed E-state index contributed by atoms with van der Waals surface area (Å²) in [5, 5.41) is 26.9. The molecule has 6 nitrogen and oxygen atoms in total. The predicted molar refractivity (Wildman–Crippen MR) is 30.7 cm³/mol. The molecular formula is C6H2N2O4-2. The van der Waals surface area contributed by atoms with Crippen LogP contribution >= 0.6 is 0 Å². The number of hydrogen-bond donors (Lipinski definition) is 0. The molecule has 1 heterocycles. The lowest BCUT2D eigenvalue weighted by Gasteiger charge is -2.08. The Kier molecular flexibility index (Phi) is 2.00. The molecule has 1 aromatic rings. The van der Waals surface area contributed by atoms with Crippen molar-refractivity contribution in [3.63, 3.8) is 0 Å². The maximum absolute atomic E-state index is 10.3. The summed E-state index contributed by atoms with van der Waals surface area (Å²) in [6.45, 7) is 0. The van der Waals surface area contributed by atoms with Crippen molar-refractivity contribution in [1.82, 2.24) is 10.2 Å². The number of rotatable bonds is 2. The molecule has 0 aliphatic rings. The molecule has 0 aliphatic carbocycles. The van der Waals surface area contributed by atoms with Gasteiger partial charge in [-0.1, -0.05) is 0 Å². The molecule has 0 bridgehead atoms. The van der Waals surface area contributed by atoms with Gasteiger partial charge < -0.3 is 19.8 Å². The van der Waals surface area contributed by atoms with Gasteiger partial charge in [0, 0.05) is 11.1 Å². The molecule has 0 spiro atoms. The van der Waals surface area contributed by atoms with E-state index in [1.807, 2.05) is 0 Å². The van der Waals surface area contributed by atoms with Gasteiger partial charge in [0.2, 0.25) is 0 Å². The van der Waals surface area contributed by atoms with Gasteiger partial charge in [0.05, 0.1) is 24.3 Å². The van der Waals surface area contributed by atoms with Crippen LogP contribution in [0.15, 0.2) is 12.4 Å². The zero-order chi connectivity index (χ0) is 9.14. The quantitative estimate of drug-likeness (QED) is 0.469. The minimum atomic E-state index is -1.62. The number of hydrogen-bond acceptors (Lipinski definition) is 6. The number of carbonyl (C=O) groups excluding carboxylic acids is 2. The van der Waals surface area contributed by atoms with Gasteiger partial charge in [0.15, 0.2) is 0 Å². The molecular weight excluding hydrogens is 164 g/mol. The summed E-state index contributed by atoms with van der Waals surface area (Å²) >= 11 is 0. The summed E-state index contributed by atoms with van der Waals surface area (Å²) < 4.78 is 0. The zero-order valence-electron chi connectivity index (χ0n) is 5.68. The third-order valence-electron chi connectivity index (χ3n) is 1.17. The standard InChI is InChI=1S/C6H4N2O4/c9-5(10)3-1-7-8-2-4(3)6(11)12/h1-2H,(H,9,10)(H,11,12)/p-2. The monoisotopic (exact) mass is 166 g/mol. The van der Waals surface area contributed by atoms with E-state index >= 15 is 0 Å². The van der Waals surface area contributed by atoms with Crippen LogP contribution in [0.2, 0.25) is 0 Å². The molecule has 1 aromatic heterocycles. The maximum atomic E-state index is 10.3. The summed E-state index contributed by atoms with van der Waals surface area (Å²) in [5.41, 5.74) is -1.07. The van der Waals surface area contributed by atoms with Crippen LogP contribution in [0, 0.1) is 0 Å². The summed E-state index contributed by atoms with van der Waals surface area (Å²) in [6.07, 6.45) is 1.58. The van der Waals surface area contributed by atoms with Crippen LogP contribution in [-0.2, 0) is 0 Å². The first kappa shape index (κ1) is 8.12. The molecule has 0 aromatic carbocycles. The predicted octanol–water partition coefficient (Wildman–Crippen LogP) is -2.80. The molecule has 12 heavy (non-hydrogen) atoms. The molecule has 0 aliphatic heterocycles. The van der Waals surface area contributed by atoms with E-state index in [1.165, 1.54) is 0 Å². The lowest BCUT2D eigenvalue weighted by atomic mass is 10.2. The van der Waals surface area contributed by atoms with Gasteiger partial charge in [0.25, 0.3) is 0 Å².